The fourth-order valence-electron chi connectivity index (χ4n) is 2.13. The highest BCUT2D eigenvalue weighted by atomic mass is 35.5. The Balaban J connectivity index is 1.97. The summed E-state index contributed by atoms with van der Waals surface area (Å²) >= 11 is 5.68. The van der Waals surface area contributed by atoms with Crippen LogP contribution < -0.4 is 14.8 Å². The number of anilines is 2. The summed E-state index contributed by atoms with van der Waals surface area (Å²) in [5.41, 5.74) is 0.753. The molecule has 1 aromatic carbocycles. The number of rotatable bonds is 7. The molecule has 0 aliphatic heterocycles. The van der Waals surface area contributed by atoms with Gasteiger partial charge in [0.15, 0.2) is 11.5 Å². The Morgan fingerprint density at radius 2 is 2.17 bits per heavy atom. The first-order valence-corrected chi connectivity index (χ1v) is 7.63. The Kier molecular flexibility index (Phi) is 4.77. The third-order valence-corrected chi connectivity index (χ3v) is 3.48. The number of aromatic nitrogens is 4. The minimum absolute atomic E-state index is 0.524. The maximum Gasteiger partial charge on any atom is 0.163 e. The number of H-pyrrole nitrogens is 1. The SMILES string of the molecule is COc1cc2c(Nc3ccn[nH]3)ncnc2cc1OCCCCl. The van der Waals surface area contributed by atoms with E-state index in [0.717, 1.165) is 23.1 Å². The average Bonchev–Trinajstić information content (AvgIpc) is 3.08. The van der Waals surface area contributed by atoms with Crippen LogP contribution in [0.4, 0.5) is 11.6 Å². The summed E-state index contributed by atoms with van der Waals surface area (Å²) in [6.07, 6.45) is 3.92. The van der Waals surface area contributed by atoms with Gasteiger partial charge < -0.3 is 14.8 Å². The quantitative estimate of drug-likeness (QED) is 0.510. The topological polar surface area (TPSA) is 85.0 Å². The zero-order valence-corrected chi connectivity index (χ0v) is 13.3. The highest BCUT2D eigenvalue weighted by molar-refractivity contribution is 6.17. The van der Waals surface area contributed by atoms with Crippen LogP contribution in [0.5, 0.6) is 11.5 Å². The summed E-state index contributed by atoms with van der Waals surface area (Å²) in [4.78, 5) is 8.58. The molecular formula is C15H16ClN5O2. The van der Waals surface area contributed by atoms with Gasteiger partial charge in [0.2, 0.25) is 0 Å². The first kappa shape index (κ1) is 15.4. The summed E-state index contributed by atoms with van der Waals surface area (Å²) in [5.74, 6) is 3.21. The van der Waals surface area contributed by atoms with Gasteiger partial charge >= 0.3 is 0 Å². The molecule has 0 spiro atoms. The molecule has 2 N–H and O–H groups in total. The normalized spacial score (nSPS) is 10.7. The number of nitrogens with zero attached hydrogens (tertiary/aromatic N) is 3. The van der Waals surface area contributed by atoms with Crippen molar-refractivity contribution in [1.29, 1.82) is 0 Å². The molecule has 23 heavy (non-hydrogen) atoms. The predicted octanol–water partition coefficient (Wildman–Crippen LogP) is 3.11. The van der Waals surface area contributed by atoms with Crippen LogP contribution in [-0.4, -0.2) is 39.8 Å². The molecule has 2 heterocycles. The van der Waals surface area contributed by atoms with E-state index in [1.165, 1.54) is 6.33 Å². The van der Waals surface area contributed by atoms with Gasteiger partial charge in [0.05, 0.1) is 25.4 Å². The molecule has 3 aromatic rings. The van der Waals surface area contributed by atoms with Crippen LogP contribution >= 0.6 is 11.6 Å². The third-order valence-electron chi connectivity index (χ3n) is 3.21. The van der Waals surface area contributed by atoms with Crippen molar-refractivity contribution >= 4 is 34.1 Å². The molecule has 0 aliphatic carbocycles. The van der Waals surface area contributed by atoms with Crippen molar-refractivity contribution in [3.8, 4) is 11.5 Å². The number of hydrogen-bond donors (Lipinski definition) is 2. The van der Waals surface area contributed by atoms with Crippen molar-refractivity contribution in [2.75, 3.05) is 24.9 Å². The molecule has 3 rings (SSSR count). The number of alkyl halides is 1. The molecule has 120 valence electrons. The fraction of sp³-hybridized carbons (Fsp3) is 0.267. The number of halogens is 1. The third kappa shape index (κ3) is 3.45. The van der Waals surface area contributed by atoms with Crippen LogP contribution in [0, 0.1) is 0 Å². The van der Waals surface area contributed by atoms with Crippen LogP contribution in [0.3, 0.4) is 0 Å². The maximum absolute atomic E-state index is 5.72. The second-order valence-corrected chi connectivity index (χ2v) is 5.11. The zero-order valence-electron chi connectivity index (χ0n) is 12.5. The van der Waals surface area contributed by atoms with E-state index in [9.17, 15) is 0 Å². The Bertz CT molecular complexity index is 779. The van der Waals surface area contributed by atoms with Gasteiger partial charge in [-0.15, -0.1) is 11.6 Å². The number of methoxy groups -OCH3 is 1. The van der Waals surface area contributed by atoms with Crippen LogP contribution in [0.15, 0.2) is 30.7 Å². The Morgan fingerprint density at radius 3 is 2.91 bits per heavy atom. The second kappa shape index (κ2) is 7.15. The molecule has 0 saturated carbocycles. The summed E-state index contributed by atoms with van der Waals surface area (Å²) in [7, 11) is 1.60. The first-order valence-electron chi connectivity index (χ1n) is 7.09. The molecule has 7 nitrogen and oxygen atoms in total. The van der Waals surface area contributed by atoms with Crippen LogP contribution in [-0.2, 0) is 0 Å². The van der Waals surface area contributed by atoms with Crippen LogP contribution in [0.1, 0.15) is 6.42 Å². The van der Waals surface area contributed by atoms with Gasteiger partial charge in [-0.3, -0.25) is 5.10 Å². The number of benzene rings is 1. The molecule has 0 fully saturated rings. The number of fused-ring (bicyclic) bond motifs is 1. The van der Waals surface area contributed by atoms with Gasteiger partial charge in [0.25, 0.3) is 0 Å². The zero-order chi connectivity index (χ0) is 16.1. The molecule has 0 bridgehead atoms. The summed E-state index contributed by atoms with van der Waals surface area (Å²) in [6, 6.07) is 5.50. The molecule has 0 atom stereocenters. The number of ether oxygens (including phenoxy) is 2. The average molecular weight is 334 g/mol. The van der Waals surface area contributed by atoms with Gasteiger partial charge in [0.1, 0.15) is 18.0 Å². The van der Waals surface area contributed by atoms with E-state index in [0.29, 0.717) is 29.8 Å². The summed E-state index contributed by atoms with van der Waals surface area (Å²) in [5, 5.41) is 10.7. The molecule has 8 heteroatoms. The van der Waals surface area contributed by atoms with E-state index in [1.807, 2.05) is 18.2 Å². The molecule has 0 amide bonds. The monoisotopic (exact) mass is 333 g/mol. The molecule has 0 aliphatic rings. The molecule has 0 radical (unpaired) electrons. The first-order chi connectivity index (χ1) is 11.3. The molecular weight excluding hydrogens is 318 g/mol. The highest BCUT2D eigenvalue weighted by Crippen LogP contribution is 2.34. The lowest BCUT2D eigenvalue weighted by atomic mass is 10.2. The van der Waals surface area contributed by atoms with E-state index >= 15 is 0 Å². The Morgan fingerprint density at radius 1 is 1.26 bits per heavy atom. The van der Waals surface area contributed by atoms with Crippen molar-refractivity contribution in [2.45, 2.75) is 6.42 Å². The van der Waals surface area contributed by atoms with E-state index in [-0.39, 0.29) is 0 Å². The van der Waals surface area contributed by atoms with Gasteiger partial charge in [-0.2, -0.15) is 5.10 Å². The van der Waals surface area contributed by atoms with Gasteiger partial charge in [0, 0.05) is 23.4 Å². The van der Waals surface area contributed by atoms with E-state index in [2.05, 4.69) is 25.5 Å². The van der Waals surface area contributed by atoms with Gasteiger partial charge in [-0.25, -0.2) is 9.97 Å². The standard InChI is InChI=1S/C15H16ClN5O2/c1-22-12-7-10-11(8-13(12)23-6-2-4-16)17-9-18-15(10)20-14-3-5-19-21-14/h3,5,7-9H,2,4,6H2,1H3,(H2,17,18,19,20,21). The van der Waals surface area contributed by atoms with E-state index < -0.39 is 0 Å². The summed E-state index contributed by atoms with van der Waals surface area (Å²) < 4.78 is 11.1. The number of nitrogens with one attached hydrogen (secondary N) is 2. The molecule has 2 aromatic heterocycles. The minimum Gasteiger partial charge on any atom is -0.493 e. The van der Waals surface area contributed by atoms with Crippen LogP contribution in [0.2, 0.25) is 0 Å². The Hall–Kier alpha value is -2.54. The molecule has 0 unspecified atom stereocenters. The predicted molar refractivity (Wildman–Crippen MR) is 88.8 cm³/mol. The lowest BCUT2D eigenvalue weighted by Crippen LogP contribution is -2.01. The fourth-order valence-corrected chi connectivity index (χ4v) is 2.23. The van der Waals surface area contributed by atoms with Crippen molar-refractivity contribution in [3.63, 3.8) is 0 Å². The van der Waals surface area contributed by atoms with Crippen molar-refractivity contribution in [2.24, 2.45) is 0 Å². The molecule has 0 saturated heterocycles. The largest absolute Gasteiger partial charge is 0.493 e. The second-order valence-electron chi connectivity index (χ2n) is 4.73. The smallest absolute Gasteiger partial charge is 0.163 e. The lowest BCUT2D eigenvalue weighted by molar-refractivity contribution is 0.295. The van der Waals surface area contributed by atoms with Gasteiger partial charge in [-0.1, -0.05) is 0 Å². The summed E-state index contributed by atoms with van der Waals surface area (Å²) in [6.45, 7) is 0.524. The van der Waals surface area contributed by atoms with E-state index in [1.54, 1.807) is 13.3 Å². The van der Waals surface area contributed by atoms with Gasteiger partial charge in [-0.05, 0) is 12.5 Å². The number of aromatic amines is 1. The van der Waals surface area contributed by atoms with Crippen molar-refractivity contribution < 1.29 is 9.47 Å². The maximum atomic E-state index is 5.72. The van der Waals surface area contributed by atoms with Crippen molar-refractivity contribution in [1.82, 2.24) is 20.2 Å². The van der Waals surface area contributed by atoms with E-state index in [4.69, 9.17) is 21.1 Å². The lowest BCUT2D eigenvalue weighted by Gasteiger charge is -2.13. The highest BCUT2D eigenvalue weighted by Gasteiger charge is 2.12. The number of hydrogen-bond acceptors (Lipinski definition) is 6. The van der Waals surface area contributed by atoms with Crippen LogP contribution in [0.25, 0.3) is 10.9 Å². The minimum atomic E-state index is 0.524. The Labute approximate surface area is 138 Å². The van der Waals surface area contributed by atoms with Crippen molar-refractivity contribution in [3.05, 3.63) is 30.7 Å².